The minimum atomic E-state index is -0.265. The summed E-state index contributed by atoms with van der Waals surface area (Å²) in [5, 5.41) is 7.06. The van der Waals surface area contributed by atoms with Crippen molar-refractivity contribution in [2.45, 2.75) is 24.8 Å². The molecule has 29 heavy (non-hydrogen) atoms. The van der Waals surface area contributed by atoms with Gasteiger partial charge in [0.2, 0.25) is 0 Å². The van der Waals surface area contributed by atoms with Gasteiger partial charge in [-0.3, -0.25) is 9.78 Å². The first-order chi connectivity index (χ1) is 14.2. The van der Waals surface area contributed by atoms with Gasteiger partial charge in [-0.1, -0.05) is 24.3 Å². The zero-order chi connectivity index (χ0) is 19.8. The van der Waals surface area contributed by atoms with Crippen LogP contribution in [0.15, 0.2) is 84.3 Å². The van der Waals surface area contributed by atoms with Crippen LogP contribution in [0.25, 0.3) is 0 Å². The molecule has 5 heteroatoms. The second-order valence-electron chi connectivity index (χ2n) is 7.50. The highest BCUT2D eigenvalue weighted by atomic mass is 19.1. The van der Waals surface area contributed by atoms with Crippen LogP contribution in [0.5, 0.6) is 0 Å². The summed E-state index contributed by atoms with van der Waals surface area (Å²) in [6, 6.07) is 18.1. The number of anilines is 2. The van der Waals surface area contributed by atoms with Crippen molar-refractivity contribution in [3.05, 3.63) is 101 Å². The summed E-state index contributed by atoms with van der Waals surface area (Å²) >= 11 is 0. The number of Topliss-reactive ketones (excluding diaryl/α,β-unsaturated/α-hetero) is 1. The Kier molecular flexibility index (Phi) is 4.35. The summed E-state index contributed by atoms with van der Waals surface area (Å²) in [6.45, 7) is 0. The molecule has 2 aliphatic rings. The zero-order valence-electron chi connectivity index (χ0n) is 15.7. The number of carbonyl (C=O) groups excluding carboxylic acids is 1. The molecule has 1 aliphatic heterocycles. The Morgan fingerprint density at radius 1 is 0.862 bits per heavy atom. The van der Waals surface area contributed by atoms with Crippen molar-refractivity contribution in [2.75, 3.05) is 10.6 Å². The zero-order valence-corrected chi connectivity index (χ0v) is 15.7. The van der Waals surface area contributed by atoms with Crippen LogP contribution in [0.2, 0.25) is 0 Å². The number of benzene rings is 2. The van der Waals surface area contributed by atoms with E-state index < -0.39 is 0 Å². The lowest BCUT2D eigenvalue weighted by molar-refractivity contribution is -0.116. The molecule has 2 N–H and O–H groups in total. The lowest BCUT2D eigenvalue weighted by atomic mass is 9.78. The van der Waals surface area contributed by atoms with Crippen LogP contribution < -0.4 is 10.6 Å². The molecule has 0 saturated carbocycles. The summed E-state index contributed by atoms with van der Waals surface area (Å²) in [4.78, 5) is 17.5. The average Bonchev–Trinajstić information content (AvgIpc) is 2.92. The van der Waals surface area contributed by atoms with E-state index in [2.05, 4.69) is 15.6 Å². The maximum Gasteiger partial charge on any atom is 0.163 e. The van der Waals surface area contributed by atoms with E-state index in [9.17, 15) is 9.18 Å². The summed E-state index contributed by atoms with van der Waals surface area (Å²) in [6.07, 6.45) is 4.60. The summed E-state index contributed by atoms with van der Waals surface area (Å²) in [5.41, 5.74) is 5.58. The quantitative estimate of drug-likeness (QED) is 0.637. The third kappa shape index (κ3) is 3.29. The lowest BCUT2D eigenvalue weighted by Crippen LogP contribution is -2.26. The molecule has 0 fully saturated rings. The monoisotopic (exact) mass is 385 g/mol. The van der Waals surface area contributed by atoms with E-state index in [1.807, 2.05) is 36.4 Å². The van der Waals surface area contributed by atoms with Crippen molar-refractivity contribution in [3.63, 3.8) is 0 Å². The largest absolute Gasteiger partial charge is 0.372 e. The molecule has 144 valence electrons. The second-order valence-corrected chi connectivity index (χ2v) is 7.50. The number of halogens is 1. The molecule has 4 nitrogen and oxygen atoms in total. The molecule has 2 unspecified atom stereocenters. The smallest absolute Gasteiger partial charge is 0.163 e. The molecular formula is C24H20FN3O. The fourth-order valence-corrected chi connectivity index (χ4v) is 4.27. The Hall–Kier alpha value is -3.47. The van der Waals surface area contributed by atoms with Crippen LogP contribution in [0.1, 0.15) is 35.9 Å². The molecule has 1 aromatic heterocycles. The molecule has 2 aromatic carbocycles. The van der Waals surface area contributed by atoms with Crippen molar-refractivity contribution in [1.82, 2.24) is 4.98 Å². The van der Waals surface area contributed by atoms with Gasteiger partial charge in [0.1, 0.15) is 5.82 Å². The Bertz CT molecular complexity index is 1090. The third-order valence-electron chi connectivity index (χ3n) is 5.69. The van der Waals surface area contributed by atoms with E-state index in [0.29, 0.717) is 12.8 Å². The number of pyridine rings is 1. The van der Waals surface area contributed by atoms with E-state index in [-0.39, 0.29) is 23.6 Å². The number of para-hydroxylation sites is 2. The number of allylic oxidation sites excluding steroid dienone is 1. The number of ketones is 1. The van der Waals surface area contributed by atoms with Gasteiger partial charge >= 0.3 is 0 Å². The molecule has 0 amide bonds. The number of nitrogens with zero attached hydrogens (tertiary/aromatic N) is 1. The normalized spacial score (nSPS) is 20.8. The van der Waals surface area contributed by atoms with Gasteiger partial charge < -0.3 is 10.6 Å². The van der Waals surface area contributed by atoms with Crippen molar-refractivity contribution < 1.29 is 9.18 Å². The minimum Gasteiger partial charge on any atom is -0.372 e. The summed E-state index contributed by atoms with van der Waals surface area (Å²) in [7, 11) is 0. The Labute approximate surface area is 168 Å². The number of fused-ring (bicyclic) bond motifs is 1. The molecule has 2 atom stereocenters. The van der Waals surface area contributed by atoms with E-state index >= 15 is 0 Å². The van der Waals surface area contributed by atoms with Gasteiger partial charge in [0.25, 0.3) is 0 Å². The molecular weight excluding hydrogens is 365 g/mol. The first-order valence-electron chi connectivity index (χ1n) is 9.73. The molecule has 0 saturated heterocycles. The Morgan fingerprint density at radius 3 is 2.34 bits per heavy atom. The predicted octanol–water partition coefficient (Wildman–Crippen LogP) is 5.20. The van der Waals surface area contributed by atoms with Crippen LogP contribution in [0.3, 0.4) is 0 Å². The molecule has 3 aromatic rings. The standard InChI is InChI=1S/C24H20FN3O/c25-18-7-5-15(6-8-18)17-13-21-23(22(29)14-17)24(16-9-11-26-12-10-16)28-20-4-2-1-3-19(20)27-21/h1-12,17,24,27-28H,13-14H2. The van der Waals surface area contributed by atoms with Gasteiger partial charge in [-0.15, -0.1) is 0 Å². The van der Waals surface area contributed by atoms with E-state index in [4.69, 9.17) is 0 Å². The fourth-order valence-electron chi connectivity index (χ4n) is 4.27. The fraction of sp³-hybridized carbons (Fsp3) is 0.167. The summed E-state index contributed by atoms with van der Waals surface area (Å²) < 4.78 is 13.4. The van der Waals surface area contributed by atoms with Crippen molar-refractivity contribution in [2.24, 2.45) is 0 Å². The van der Waals surface area contributed by atoms with Gasteiger partial charge in [-0.25, -0.2) is 4.39 Å². The van der Waals surface area contributed by atoms with Crippen LogP contribution >= 0.6 is 0 Å². The number of nitrogens with one attached hydrogen (secondary N) is 2. The highest BCUT2D eigenvalue weighted by Crippen LogP contribution is 2.44. The molecule has 5 rings (SSSR count). The van der Waals surface area contributed by atoms with E-state index in [0.717, 1.165) is 33.8 Å². The molecule has 0 bridgehead atoms. The average molecular weight is 385 g/mol. The van der Waals surface area contributed by atoms with Gasteiger partial charge in [0, 0.05) is 30.1 Å². The number of hydrogen-bond acceptors (Lipinski definition) is 4. The van der Waals surface area contributed by atoms with E-state index in [1.54, 1.807) is 24.5 Å². The second kappa shape index (κ2) is 7.17. The maximum atomic E-state index is 13.4. The summed E-state index contributed by atoms with van der Waals surface area (Å²) in [5.74, 6) is -0.132. The topological polar surface area (TPSA) is 54.0 Å². The van der Waals surface area contributed by atoms with Crippen molar-refractivity contribution in [1.29, 1.82) is 0 Å². The highest BCUT2D eigenvalue weighted by molar-refractivity contribution is 6.01. The predicted molar refractivity (Wildman–Crippen MR) is 111 cm³/mol. The van der Waals surface area contributed by atoms with Gasteiger partial charge in [-0.2, -0.15) is 0 Å². The van der Waals surface area contributed by atoms with Crippen LogP contribution in [-0.4, -0.2) is 10.8 Å². The van der Waals surface area contributed by atoms with Gasteiger partial charge in [0.05, 0.1) is 17.4 Å². The number of hydrogen-bond donors (Lipinski definition) is 2. The minimum absolute atomic E-state index is 0.0257. The number of aromatic nitrogens is 1. The van der Waals surface area contributed by atoms with Crippen molar-refractivity contribution >= 4 is 17.2 Å². The molecule has 0 spiro atoms. The molecule has 0 radical (unpaired) electrons. The number of carbonyl (C=O) groups is 1. The maximum absolute atomic E-state index is 13.4. The lowest BCUT2D eigenvalue weighted by Gasteiger charge is -2.29. The van der Waals surface area contributed by atoms with Gasteiger partial charge in [0.15, 0.2) is 5.78 Å². The SMILES string of the molecule is O=C1CC(c2ccc(F)cc2)CC2=C1C(c1ccncc1)Nc1ccccc1N2. The van der Waals surface area contributed by atoms with Gasteiger partial charge in [-0.05, 0) is 59.9 Å². The first-order valence-corrected chi connectivity index (χ1v) is 9.73. The Balaban J connectivity index is 1.60. The number of rotatable bonds is 2. The first kappa shape index (κ1) is 17.6. The molecule has 2 heterocycles. The van der Waals surface area contributed by atoms with E-state index in [1.165, 1.54) is 12.1 Å². The molecule has 1 aliphatic carbocycles. The van der Waals surface area contributed by atoms with Crippen LogP contribution in [-0.2, 0) is 4.79 Å². The third-order valence-corrected chi connectivity index (χ3v) is 5.69. The van der Waals surface area contributed by atoms with Crippen LogP contribution in [0, 0.1) is 5.82 Å². The Morgan fingerprint density at radius 2 is 1.59 bits per heavy atom. The van der Waals surface area contributed by atoms with Crippen LogP contribution in [0.4, 0.5) is 15.8 Å². The van der Waals surface area contributed by atoms with Crippen molar-refractivity contribution in [3.8, 4) is 0 Å². The highest BCUT2D eigenvalue weighted by Gasteiger charge is 2.35.